The Hall–Kier alpha value is -3.34. The lowest BCUT2D eigenvalue weighted by Gasteiger charge is -2.31. The molecule has 2 heterocycles. The molecule has 0 fully saturated rings. The van der Waals surface area contributed by atoms with Gasteiger partial charge in [0.15, 0.2) is 5.15 Å². The van der Waals surface area contributed by atoms with E-state index in [1.807, 2.05) is 0 Å². The second kappa shape index (κ2) is 7.97. The van der Waals surface area contributed by atoms with E-state index in [4.69, 9.17) is 17.0 Å². The van der Waals surface area contributed by atoms with Crippen LogP contribution in [0.3, 0.4) is 0 Å². The van der Waals surface area contributed by atoms with Crippen LogP contribution in [0.2, 0.25) is 5.15 Å². The van der Waals surface area contributed by atoms with Crippen molar-refractivity contribution in [1.82, 2.24) is 15.0 Å². The zero-order chi connectivity index (χ0) is 23.1. The van der Waals surface area contributed by atoms with Gasteiger partial charge in [0.1, 0.15) is 29.0 Å². The Kier molecular flexibility index (Phi) is 5.45. The molecule has 0 saturated heterocycles. The average molecular weight is 465 g/mol. The largest absolute Gasteiger partial charge is 0.425 e. The van der Waals surface area contributed by atoms with Crippen LogP contribution in [0.1, 0.15) is 16.7 Å². The molecular formula is C21H15ClF4N5O+. The maximum Gasteiger partial charge on any atom is 0.425 e. The third kappa shape index (κ3) is 3.62. The van der Waals surface area contributed by atoms with Crippen molar-refractivity contribution in [2.75, 3.05) is 0 Å². The van der Waals surface area contributed by atoms with E-state index in [0.717, 1.165) is 30.9 Å². The Balaban J connectivity index is 1.84. The van der Waals surface area contributed by atoms with Crippen LogP contribution in [-0.2, 0) is 5.60 Å². The number of rotatable bonds is 5. The molecule has 0 aliphatic carbocycles. The number of halogens is 5. The van der Waals surface area contributed by atoms with Crippen molar-refractivity contribution in [3.05, 3.63) is 82.6 Å². The number of nitrogens with one attached hydrogen (secondary N) is 2. The number of aromatic amines is 1. The molecule has 32 heavy (non-hydrogen) atoms. The van der Waals surface area contributed by atoms with E-state index in [2.05, 4.69) is 15.0 Å². The highest BCUT2D eigenvalue weighted by atomic mass is 35.5. The van der Waals surface area contributed by atoms with E-state index in [1.54, 1.807) is 5.32 Å². The van der Waals surface area contributed by atoms with Crippen molar-refractivity contribution in [2.45, 2.75) is 11.8 Å². The third-order valence-corrected chi connectivity index (χ3v) is 5.36. The summed E-state index contributed by atoms with van der Waals surface area (Å²) in [7, 11) is 0. The van der Waals surface area contributed by atoms with Gasteiger partial charge in [0, 0.05) is 36.2 Å². The first-order valence-corrected chi connectivity index (χ1v) is 9.55. The molecule has 0 spiro atoms. The molecule has 0 radical (unpaired) electrons. The van der Waals surface area contributed by atoms with Crippen LogP contribution in [0.15, 0.2) is 55.0 Å². The molecule has 4 aromatic rings. The molecule has 6 nitrogen and oxygen atoms in total. The maximum atomic E-state index is 14.3. The predicted octanol–water partition coefficient (Wildman–Crippen LogP) is 4.07. The van der Waals surface area contributed by atoms with Gasteiger partial charge in [-0.2, -0.15) is 13.2 Å². The van der Waals surface area contributed by atoms with Gasteiger partial charge in [0.2, 0.25) is 5.60 Å². The molecule has 4 rings (SSSR count). The number of nitrogens with two attached hydrogens (primary N) is 1. The fourth-order valence-electron chi connectivity index (χ4n) is 3.45. The molecule has 0 bridgehead atoms. The maximum absolute atomic E-state index is 14.3. The predicted molar refractivity (Wildman–Crippen MR) is 110 cm³/mol. The van der Waals surface area contributed by atoms with Crippen LogP contribution in [0, 0.1) is 11.2 Å². The van der Waals surface area contributed by atoms with Crippen molar-refractivity contribution in [1.29, 1.82) is 5.41 Å². The lowest BCUT2D eigenvalue weighted by Crippen LogP contribution is -2.71. The summed E-state index contributed by atoms with van der Waals surface area (Å²) in [5.74, 6) is -0.428. The number of benzene rings is 2. The zero-order valence-corrected chi connectivity index (χ0v) is 16.8. The zero-order valence-electron chi connectivity index (χ0n) is 16.1. The van der Waals surface area contributed by atoms with E-state index in [0.29, 0.717) is 11.4 Å². The molecule has 11 heteroatoms. The van der Waals surface area contributed by atoms with Crippen molar-refractivity contribution in [3.8, 4) is 0 Å². The summed E-state index contributed by atoms with van der Waals surface area (Å²) in [4.78, 5) is 10.2. The fourth-order valence-corrected chi connectivity index (χ4v) is 3.64. The number of hydrogen-bond acceptors (Lipinski definition) is 4. The van der Waals surface area contributed by atoms with Gasteiger partial charge < -0.3 is 15.5 Å². The van der Waals surface area contributed by atoms with Crippen LogP contribution in [0.4, 0.5) is 28.9 Å². The standard InChI is InChI=1S/C21H14ClF4N5O/c22-19-18-17(29-10-30-19)15(9-28-18)20(32,21(24,25)26)12-1-6-16(11(7-12)8-27)31-14-4-2-13(23)3-5-14/h1-10,27-28,31-32H/p+1. The fraction of sp³-hybridized carbons (Fsp3) is 0.0952. The van der Waals surface area contributed by atoms with Gasteiger partial charge in [0.05, 0.1) is 11.1 Å². The molecule has 0 aliphatic rings. The molecule has 164 valence electrons. The minimum atomic E-state index is -5.12. The van der Waals surface area contributed by atoms with Crippen LogP contribution in [0.5, 0.6) is 0 Å². The Morgan fingerprint density at radius 2 is 1.81 bits per heavy atom. The summed E-state index contributed by atoms with van der Waals surface area (Å²) in [5, 5.41) is 20.2. The first kappa shape index (κ1) is 21.9. The van der Waals surface area contributed by atoms with Crippen molar-refractivity contribution in [3.63, 3.8) is 0 Å². The quantitative estimate of drug-likeness (QED) is 0.155. The van der Waals surface area contributed by atoms with Gasteiger partial charge in [-0.1, -0.05) is 11.6 Å². The summed E-state index contributed by atoms with van der Waals surface area (Å²) >= 11 is 5.93. The first-order valence-electron chi connectivity index (χ1n) is 9.17. The number of fused-ring (bicyclic) bond motifs is 1. The molecular weight excluding hydrogens is 450 g/mol. The Labute approximate surface area is 183 Å². The molecule has 0 saturated carbocycles. The number of aromatic nitrogens is 3. The molecule has 1 atom stereocenters. The Morgan fingerprint density at radius 3 is 2.47 bits per heavy atom. The van der Waals surface area contributed by atoms with E-state index >= 15 is 0 Å². The Morgan fingerprint density at radius 1 is 1.09 bits per heavy atom. The molecule has 0 aliphatic heterocycles. The van der Waals surface area contributed by atoms with Crippen LogP contribution in [-0.4, -0.2) is 32.4 Å². The number of hydrogen-bond donors (Lipinski definition) is 4. The minimum Gasteiger partial charge on any atom is -0.372 e. The topological polar surface area (TPSA) is 102 Å². The summed E-state index contributed by atoms with van der Waals surface area (Å²) in [5.41, 5.74) is -3.47. The van der Waals surface area contributed by atoms with Gasteiger partial charge in [-0.15, -0.1) is 0 Å². The van der Waals surface area contributed by atoms with Crippen molar-refractivity contribution in [2.24, 2.45) is 0 Å². The van der Waals surface area contributed by atoms with Gasteiger partial charge in [-0.3, -0.25) is 5.32 Å². The lowest BCUT2D eigenvalue weighted by molar-refractivity contribution is -0.478. The van der Waals surface area contributed by atoms with Gasteiger partial charge in [0.25, 0.3) is 0 Å². The highest BCUT2D eigenvalue weighted by molar-refractivity contribution is 6.33. The summed E-state index contributed by atoms with van der Waals surface area (Å²) < 4.78 is 55.9. The normalized spacial score (nSPS) is 13.8. The lowest BCUT2D eigenvalue weighted by atomic mass is 9.85. The number of H-pyrrole nitrogens is 1. The van der Waals surface area contributed by atoms with Crippen molar-refractivity contribution >= 4 is 40.2 Å². The second-order valence-corrected chi connectivity index (χ2v) is 7.34. The van der Waals surface area contributed by atoms with E-state index in [1.165, 1.54) is 30.3 Å². The molecule has 1 unspecified atom stereocenters. The van der Waals surface area contributed by atoms with Crippen molar-refractivity contribution < 1.29 is 28.0 Å². The number of quaternary nitrogens is 1. The molecule has 2 aromatic carbocycles. The summed E-state index contributed by atoms with van der Waals surface area (Å²) in [6.45, 7) is 0. The van der Waals surface area contributed by atoms with Crippen LogP contribution in [0.25, 0.3) is 11.0 Å². The van der Waals surface area contributed by atoms with E-state index in [9.17, 15) is 22.7 Å². The first-order chi connectivity index (χ1) is 15.1. The second-order valence-electron chi connectivity index (χ2n) is 6.98. The average Bonchev–Trinajstić information content (AvgIpc) is 3.20. The highest BCUT2D eigenvalue weighted by Gasteiger charge is 2.58. The Bertz CT molecular complexity index is 1310. The van der Waals surface area contributed by atoms with Crippen LogP contribution >= 0.6 is 11.6 Å². The summed E-state index contributed by atoms with van der Waals surface area (Å²) in [6, 6.07) is 9.05. The highest BCUT2D eigenvalue weighted by Crippen LogP contribution is 2.46. The van der Waals surface area contributed by atoms with Crippen LogP contribution < -0.4 is 5.32 Å². The van der Waals surface area contributed by atoms with Gasteiger partial charge in [-0.25, -0.2) is 14.4 Å². The number of alkyl halides is 3. The SMILES string of the molecule is N=Cc1cc(C(O)(c2c[nH]c3c(Cl)ncnc23)C(F)(F)F)ccc1[NH2+]c1ccc(F)cc1. The minimum absolute atomic E-state index is 0.0559. The molecule has 0 amide bonds. The molecule has 2 aromatic heterocycles. The summed E-state index contributed by atoms with van der Waals surface area (Å²) in [6.07, 6.45) is -2.26. The van der Waals surface area contributed by atoms with Gasteiger partial charge >= 0.3 is 6.18 Å². The third-order valence-electron chi connectivity index (χ3n) is 5.07. The van der Waals surface area contributed by atoms with Gasteiger partial charge in [-0.05, 0) is 29.8 Å². The van der Waals surface area contributed by atoms with E-state index in [-0.39, 0.29) is 21.7 Å². The van der Waals surface area contributed by atoms with E-state index < -0.39 is 28.7 Å². The smallest absolute Gasteiger partial charge is 0.372 e. The monoisotopic (exact) mass is 464 g/mol. The molecule has 5 N–H and O–H groups in total. The number of nitrogens with zero attached hydrogens (tertiary/aromatic N) is 2. The number of aliphatic hydroxyl groups is 1.